The van der Waals surface area contributed by atoms with Gasteiger partial charge in [0, 0.05) is 25.3 Å². The molecule has 3 N–H and O–H groups in total. The maximum atomic E-state index is 12.1. The Bertz CT molecular complexity index is 575. The van der Waals surface area contributed by atoms with Crippen LogP contribution in [0, 0.1) is 0 Å². The summed E-state index contributed by atoms with van der Waals surface area (Å²) in [7, 11) is 0. The van der Waals surface area contributed by atoms with Crippen LogP contribution >= 0.6 is 0 Å². The highest BCUT2D eigenvalue weighted by Gasteiger charge is 2.07. The summed E-state index contributed by atoms with van der Waals surface area (Å²) in [4.78, 5) is 12.1. The van der Waals surface area contributed by atoms with Crippen LogP contribution in [0.4, 0.5) is 0 Å². The van der Waals surface area contributed by atoms with Gasteiger partial charge in [-0.25, -0.2) is 0 Å². The van der Waals surface area contributed by atoms with Crippen molar-refractivity contribution >= 4 is 10.9 Å². The fourth-order valence-corrected chi connectivity index (χ4v) is 1.98. The number of hydrogen-bond acceptors (Lipinski definition) is 3. The summed E-state index contributed by atoms with van der Waals surface area (Å²) < 4.78 is 1.69. The van der Waals surface area contributed by atoms with Crippen LogP contribution in [0.5, 0.6) is 0 Å². The third kappa shape index (κ3) is 2.23. The largest absolute Gasteiger partial charge is 0.396 e. The first-order valence-corrected chi connectivity index (χ1v) is 5.70. The van der Waals surface area contributed by atoms with Crippen molar-refractivity contribution in [1.82, 2.24) is 4.57 Å². The Kier molecular flexibility index (Phi) is 3.56. The van der Waals surface area contributed by atoms with E-state index in [1.807, 2.05) is 30.3 Å². The molecule has 1 aromatic heterocycles. The highest BCUT2D eigenvalue weighted by molar-refractivity contribution is 5.79. The number of para-hydroxylation sites is 1. The highest BCUT2D eigenvalue weighted by atomic mass is 16.3. The minimum Gasteiger partial charge on any atom is -0.396 e. The Balaban J connectivity index is 2.66. The molecule has 4 heteroatoms. The highest BCUT2D eigenvalue weighted by Crippen LogP contribution is 2.13. The van der Waals surface area contributed by atoms with Crippen LogP contribution in [0.15, 0.2) is 35.1 Å². The summed E-state index contributed by atoms with van der Waals surface area (Å²) in [6, 6.07) is 9.55. The molecule has 0 aliphatic carbocycles. The van der Waals surface area contributed by atoms with E-state index in [2.05, 4.69) is 0 Å². The van der Waals surface area contributed by atoms with Crippen LogP contribution in [0.3, 0.4) is 0 Å². The molecule has 4 nitrogen and oxygen atoms in total. The topological polar surface area (TPSA) is 68.2 Å². The van der Waals surface area contributed by atoms with Crippen LogP contribution in [-0.2, 0) is 13.1 Å². The van der Waals surface area contributed by atoms with Crippen molar-refractivity contribution in [2.24, 2.45) is 5.73 Å². The van der Waals surface area contributed by atoms with Crippen LogP contribution in [0.2, 0.25) is 0 Å². The molecule has 0 radical (unpaired) electrons. The number of fused-ring (bicyclic) bond motifs is 1. The summed E-state index contributed by atoms with van der Waals surface area (Å²) >= 11 is 0. The minimum atomic E-state index is -0.0559. The van der Waals surface area contributed by atoms with E-state index in [0.717, 1.165) is 10.9 Å². The lowest BCUT2D eigenvalue weighted by Gasteiger charge is -2.11. The molecule has 2 rings (SSSR count). The zero-order valence-electron chi connectivity index (χ0n) is 9.60. The Labute approximate surface area is 99.3 Å². The van der Waals surface area contributed by atoms with Gasteiger partial charge in [0.25, 0.3) is 5.56 Å². The molecule has 0 spiro atoms. The van der Waals surface area contributed by atoms with Gasteiger partial charge >= 0.3 is 0 Å². The maximum absolute atomic E-state index is 12.1. The summed E-state index contributed by atoms with van der Waals surface area (Å²) in [5, 5.41) is 9.88. The SMILES string of the molecule is NCc1cc2ccccc2n(CCCO)c1=O. The third-order valence-corrected chi connectivity index (χ3v) is 2.84. The van der Waals surface area contributed by atoms with E-state index in [0.29, 0.717) is 18.5 Å². The number of nitrogens with zero attached hydrogens (tertiary/aromatic N) is 1. The molecule has 2 aromatic rings. The molecular weight excluding hydrogens is 216 g/mol. The fourth-order valence-electron chi connectivity index (χ4n) is 1.98. The third-order valence-electron chi connectivity index (χ3n) is 2.84. The van der Waals surface area contributed by atoms with Crippen molar-refractivity contribution in [3.05, 3.63) is 46.2 Å². The van der Waals surface area contributed by atoms with E-state index in [9.17, 15) is 4.79 Å². The van der Waals surface area contributed by atoms with E-state index in [-0.39, 0.29) is 18.7 Å². The zero-order chi connectivity index (χ0) is 12.3. The molecule has 0 unspecified atom stereocenters. The number of benzene rings is 1. The minimum absolute atomic E-state index is 0.0559. The Morgan fingerprint density at radius 1 is 1.29 bits per heavy atom. The van der Waals surface area contributed by atoms with Gasteiger partial charge in [0.15, 0.2) is 0 Å². The standard InChI is InChI=1S/C13H16N2O2/c14-9-11-8-10-4-1-2-5-12(10)15(13(11)17)6-3-7-16/h1-2,4-5,8,16H,3,6-7,9,14H2. The number of rotatable bonds is 4. The summed E-state index contributed by atoms with van der Waals surface area (Å²) in [5.41, 5.74) is 7.03. The normalized spacial score (nSPS) is 10.9. The molecule has 0 aliphatic rings. The Hall–Kier alpha value is -1.65. The molecule has 90 valence electrons. The van der Waals surface area contributed by atoms with E-state index >= 15 is 0 Å². The Morgan fingerprint density at radius 3 is 2.76 bits per heavy atom. The molecule has 0 saturated heterocycles. The zero-order valence-corrected chi connectivity index (χ0v) is 9.60. The predicted molar refractivity (Wildman–Crippen MR) is 67.8 cm³/mol. The quantitative estimate of drug-likeness (QED) is 0.821. The lowest BCUT2D eigenvalue weighted by molar-refractivity contribution is 0.280. The molecule has 17 heavy (non-hydrogen) atoms. The number of pyridine rings is 1. The van der Waals surface area contributed by atoms with Crippen molar-refractivity contribution in [3.63, 3.8) is 0 Å². The first kappa shape index (κ1) is 11.8. The molecular formula is C13H16N2O2. The molecule has 1 aromatic carbocycles. The number of aryl methyl sites for hydroxylation is 1. The second kappa shape index (κ2) is 5.12. The van der Waals surface area contributed by atoms with Gasteiger partial charge in [0.05, 0.1) is 5.52 Å². The van der Waals surface area contributed by atoms with Crippen molar-refractivity contribution in [1.29, 1.82) is 0 Å². The maximum Gasteiger partial charge on any atom is 0.255 e. The van der Waals surface area contributed by atoms with Gasteiger partial charge in [-0.3, -0.25) is 4.79 Å². The van der Waals surface area contributed by atoms with Crippen LogP contribution in [0.1, 0.15) is 12.0 Å². The molecule has 0 saturated carbocycles. The predicted octanol–water partition coefficient (Wildman–Crippen LogP) is 0.843. The van der Waals surface area contributed by atoms with E-state index in [1.165, 1.54) is 0 Å². The van der Waals surface area contributed by atoms with Crippen molar-refractivity contribution in [3.8, 4) is 0 Å². The van der Waals surface area contributed by atoms with E-state index in [1.54, 1.807) is 4.57 Å². The Morgan fingerprint density at radius 2 is 2.06 bits per heavy atom. The van der Waals surface area contributed by atoms with Gasteiger partial charge in [-0.05, 0) is 23.9 Å². The molecule has 1 heterocycles. The van der Waals surface area contributed by atoms with Gasteiger partial charge < -0.3 is 15.4 Å². The lowest BCUT2D eigenvalue weighted by atomic mass is 10.1. The average Bonchev–Trinajstić information content (AvgIpc) is 2.37. The van der Waals surface area contributed by atoms with Crippen LogP contribution in [-0.4, -0.2) is 16.3 Å². The van der Waals surface area contributed by atoms with Crippen molar-refractivity contribution in [2.45, 2.75) is 19.5 Å². The molecule has 0 atom stereocenters. The fraction of sp³-hybridized carbons (Fsp3) is 0.308. The monoisotopic (exact) mass is 232 g/mol. The first-order chi connectivity index (χ1) is 8.27. The van der Waals surface area contributed by atoms with E-state index < -0.39 is 0 Å². The average molecular weight is 232 g/mol. The lowest BCUT2D eigenvalue weighted by Crippen LogP contribution is -2.26. The van der Waals surface area contributed by atoms with Gasteiger partial charge in [-0.15, -0.1) is 0 Å². The summed E-state index contributed by atoms with van der Waals surface area (Å²) in [6.07, 6.45) is 0.567. The number of aromatic nitrogens is 1. The van der Waals surface area contributed by atoms with Crippen LogP contribution < -0.4 is 11.3 Å². The van der Waals surface area contributed by atoms with Gasteiger partial charge in [-0.2, -0.15) is 0 Å². The first-order valence-electron chi connectivity index (χ1n) is 5.70. The van der Waals surface area contributed by atoms with Gasteiger partial charge in [0.2, 0.25) is 0 Å². The number of nitrogens with two attached hydrogens (primary N) is 1. The molecule has 0 bridgehead atoms. The second-order valence-corrected chi connectivity index (χ2v) is 3.97. The number of hydrogen-bond donors (Lipinski definition) is 2. The van der Waals surface area contributed by atoms with Gasteiger partial charge in [0.1, 0.15) is 0 Å². The van der Waals surface area contributed by atoms with Crippen LogP contribution in [0.25, 0.3) is 10.9 Å². The smallest absolute Gasteiger partial charge is 0.255 e. The van der Waals surface area contributed by atoms with Gasteiger partial charge in [-0.1, -0.05) is 18.2 Å². The summed E-state index contributed by atoms with van der Waals surface area (Å²) in [5.74, 6) is 0. The molecule has 0 fully saturated rings. The number of aliphatic hydroxyl groups excluding tert-OH is 1. The van der Waals surface area contributed by atoms with Crippen molar-refractivity contribution in [2.75, 3.05) is 6.61 Å². The summed E-state index contributed by atoms with van der Waals surface area (Å²) in [6.45, 7) is 0.833. The molecule has 0 amide bonds. The second-order valence-electron chi connectivity index (χ2n) is 3.97. The van der Waals surface area contributed by atoms with Crippen molar-refractivity contribution < 1.29 is 5.11 Å². The number of aliphatic hydroxyl groups is 1. The molecule has 0 aliphatic heterocycles. The van der Waals surface area contributed by atoms with E-state index in [4.69, 9.17) is 10.8 Å².